The molecular weight excluding hydrogens is 426 g/mol. The van der Waals surface area contributed by atoms with E-state index in [0.29, 0.717) is 11.5 Å². The molecule has 2 heterocycles. The Balaban J connectivity index is 1.42. The number of nitrogens with zero attached hydrogens (tertiary/aromatic N) is 2. The summed E-state index contributed by atoms with van der Waals surface area (Å²) in [7, 11) is 0. The molecule has 1 spiro atoms. The summed E-state index contributed by atoms with van der Waals surface area (Å²) in [5, 5.41) is 15.6. The number of nitriles is 1. The number of hydrogen-bond acceptors (Lipinski definition) is 5. The van der Waals surface area contributed by atoms with Crippen molar-refractivity contribution in [3.63, 3.8) is 0 Å². The highest BCUT2D eigenvalue weighted by Gasteiger charge is 2.55. The second-order valence-electron chi connectivity index (χ2n) is 9.65. The molecule has 2 bridgehead atoms. The Kier molecular flexibility index (Phi) is 5.60. The van der Waals surface area contributed by atoms with Crippen molar-refractivity contribution in [2.24, 2.45) is 17.3 Å². The quantitative estimate of drug-likeness (QED) is 0.546. The van der Waals surface area contributed by atoms with Crippen molar-refractivity contribution in [2.75, 3.05) is 11.9 Å². The highest BCUT2D eigenvalue weighted by molar-refractivity contribution is 7.14. The third-order valence-corrected chi connectivity index (χ3v) is 8.48. The summed E-state index contributed by atoms with van der Waals surface area (Å²) in [6, 6.07) is 9.75. The van der Waals surface area contributed by atoms with E-state index in [9.17, 15) is 5.26 Å². The standard InChI is InChI=1S/C28H29N3OS/c1-19-8-4-5-11-23-15-27(3,24(19)16-28(23)12-7-13-32-28)20(2)30-26-31-25(18-33-26)22-10-6-9-21(14-22)17-29/h4-6,8-11,14,18,23-24H,1-2,7,12-13,15-16H2,3H3,(H,30,31)/b8-4-,11-5-. The lowest BCUT2D eigenvalue weighted by atomic mass is 9.55. The van der Waals surface area contributed by atoms with Crippen molar-refractivity contribution in [1.82, 2.24) is 4.98 Å². The third kappa shape index (κ3) is 3.88. The summed E-state index contributed by atoms with van der Waals surface area (Å²) in [6.45, 7) is 12.1. The topological polar surface area (TPSA) is 57.9 Å². The summed E-state index contributed by atoms with van der Waals surface area (Å²) in [5.41, 5.74) is 4.29. The zero-order valence-corrected chi connectivity index (χ0v) is 19.8. The second-order valence-corrected chi connectivity index (χ2v) is 10.5. The molecule has 4 aliphatic rings. The molecule has 5 heteroatoms. The maximum absolute atomic E-state index is 9.20. The zero-order valence-electron chi connectivity index (χ0n) is 19.0. The molecule has 1 saturated heterocycles. The van der Waals surface area contributed by atoms with Crippen molar-refractivity contribution in [3.8, 4) is 17.3 Å². The SMILES string of the molecule is C=C1/C=C\C=C/C2CC(C)(C(=C)Nc3nc(-c4cccc(C#N)c4)cs3)C1CC21CCCO1. The molecule has 1 aliphatic heterocycles. The number of rotatable bonds is 4. The number of ether oxygens (including phenoxy) is 1. The van der Waals surface area contributed by atoms with Crippen molar-refractivity contribution >= 4 is 16.5 Å². The van der Waals surface area contributed by atoms with Gasteiger partial charge in [-0.2, -0.15) is 5.26 Å². The Labute approximate surface area is 200 Å². The lowest BCUT2D eigenvalue weighted by molar-refractivity contribution is -0.0907. The Morgan fingerprint density at radius 1 is 1.33 bits per heavy atom. The van der Waals surface area contributed by atoms with Crippen molar-refractivity contribution in [3.05, 3.63) is 83.9 Å². The van der Waals surface area contributed by atoms with Gasteiger partial charge in [0.2, 0.25) is 0 Å². The van der Waals surface area contributed by atoms with Gasteiger partial charge in [-0.15, -0.1) is 11.3 Å². The molecule has 33 heavy (non-hydrogen) atoms. The summed E-state index contributed by atoms with van der Waals surface area (Å²) >= 11 is 1.56. The highest BCUT2D eigenvalue weighted by atomic mass is 32.1. The summed E-state index contributed by atoms with van der Waals surface area (Å²) < 4.78 is 6.41. The number of benzene rings is 1. The zero-order chi connectivity index (χ0) is 23.1. The maximum Gasteiger partial charge on any atom is 0.187 e. The second kappa shape index (κ2) is 8.44. The molecule has 1 saturated carbocycles. The summed E-state index contributed by atoms with van der Waals surface area (Å²) in [6.07, 6.45) is 12.9. The minimum absolute atomic E-state index is 0.0873. The maximum atomic E-state index is 9.20. The molecule has 4 nitrogen and oxygen atoms in total. The molecule has 4 atom stereocenters. The van der Waals surface area contributed by atoms with Crippen molar-refractivity contribution in [1.29, 1.82) is 5.26 Å². The monoisotopic (exact) mass is 455 g/mol. The molecule has 168 valence electrons. The van der Waals surface area contributed by atoms with Crippen LogP contribution < -0.4 is 5.32 Å². The van der Waals surface area contributed by atoms with E-state index in [1.165, 1.54) is 0 Å². The molecule has 0 amide bonds. The first-order valence-electron chi connectivity index (χ1n) is 11.5. The molecule has 1 aromatic carbocycles. The number of thiazole rings is 1. The first kappa shape index (κ1) is 21.9. The van der Waals surface area contributed by atoms with Crippen LogP contribution in [0.4, 0.5) is 5.13 Å². The van der Waals surface area contributed by atoms with Crippen LogP contribution in [-0.4, -0.2) is 17.2 Å². The molecule has 1 aromatic heterocycles. The van der Waals surface area contributed by atoms with E-state index in [1.807, 2.05) is 23.6 Å². The van der Waals surface area contributed by atoms with Gasteiger partial charge in [0, 0.05) is 34.6 Å². The van der Waals surface area contributed by atoms with Crippen molar-refractivity contribution < 1.29 is 4.74 Å². The van der Waals surface area contributed by atoms with Crippen LogP contribution in [0.1, 0.15) is 38.2 Å². The van der Waals surface area contributed by atoms with Crippen LogP contribution in [0.3, 0.4) is 0 Å². The van der Waals surface area contributed by atoms with Gasteiger partial charge in [0.05, 0.1) is 22.9 Å². The van der Waals surface area contributed by atoms with Gasteiger partial charge in [-0.05, 0) is 43.7 Å². The molecular formula is C28H29N3OS. The van der Waals surface area contributed by atoms with Gasteiger partial charge in [-0.1, -0.05) is 62.1 Å². The van der Waals surface area contributed by atoms with Gasteiger partial charge in [0.25, 0.3) is 0 Å². The molecule has 2 aromatic rings. The van der Waals surface area contributed by atoms with Gasteiger partial charge in [0.15, 0.2) is 5.13 Å². The predicted molar refractivity (Wildman–Crippen MR) is 135 cm³/mol. The van der Waals surface area contributed by atoms with Crippen LogP contribution in [-0.2, 0) is 4.74 Å². The molecule has 6 rings (SSSR count). The van der Waals surface area contributed by atoms with Gasteiger partial charge >= 0.3 is 0 Å². The number of anilines is 1. The number of allylic oxidation sites excluding steroid dienone is 5. The van der Waals surface area contributed by atoms with E-state index < -0.39 is 0 Å². The van der Waals surface area contributed by atoms with E-state index in [0.717, 1.165) is 59.9 Å². The van der Waals surface area contributed by atoms with E-state index in [-0.39, 0.29) is 16.9 Å². The smallest absolute Gasteiger partial charge is 0.187 e. The predicted octanol–water partition coefficient (Wildman–Crippen LogP) is 6.87. The minimum Gasteiger partial charge on any atom is -0.374 e. The van der Waals surface area contributed by atoms with Gasteiger partial charge < -0.3 is 10.1 Å². The number of aromatic nitrogens is 1. The first-order chi connectivity index (χ1) is 15.9. The van der Waals surface area contributed by atoms with Crippen LogP contribution in [0.5, 0.6) is 0 Å². The van der Waals surface area contributed by atoms with Crippen LogP contribution in [0, 0.1) is 28.6 Å². The fourth-order valence-electron chi connectivity index (χ4n) is 5.77. The number of hydrogen-bond donors (Lipinski definition) is 1. The number of nitrogens with one attached hydrogen (secondary N) is 1. The van der Waals surface area contributed by atoms with Crippen molar-refractivity contribution in [2.45, 2.75) is 38.2 Å². The Bertz CT molecular complexity index is 1190. The Morgan fingerprint density at radius 2 is 2.21 bits per heavy atom. The van der Waals surface area contributed by atoms with Crippen LogP contribution in [0.25, 0.3) is 11.3 Å². The summed E-state index contributed by atoms with van der Waals surface area (Å²) in [4.78, 5) is 4.80. The van der Waals surface area contributed by atoms with Gasteiger partial charge in [0.1, 0.15) is 0 Å². The fourth-order valence-corrected chi connectivity index (χ4v) is 6.52. The highest BCUT2D eigenvalue weighted by Crippen LogP contribution is 2.58. The normalized spacial score (nSPS) is 32.5. The first-order valence-corrected chi connectivity index (χ1v) is 12.4. The van der Waals surface area contributed by atoms with E-state index >= 15 is 0 Å². The Morgan fingerprint density at radius 3 is 3.00 bits per heavy atom. The molecule has 2 fully saturated rings. The molecule has 1 N–H and O–H groups in total. The minimum atomic E-state index is -0.176. The average Bonchev–Trinajstić information content (AvgIpc) is 3.50. The average molecular weight is 456 g/mol. The lowest BCUT2D eigenvalue weighted by Gasteiger charge is -2.53. The largest absolute Gasteiger partial charge is 0.374 e. The number of fused-ring (bicyclic) bond motifs is 3. The fraction of sp³-hybridized carbons (Fsp3) is 0.357. The van der Waals surface area contributed by atoms with Gasteiger partial charge in [-0.3, -0.25) is 0 Å². The van der Waals surface area contributed by atoms with Crippen LogP contribution in [0.2, 0.25) is 0 Å². The van der Waals surface area contributed by atoms with Gasteiger partial charge in [-0.25, -0.2) is 4.98 Å². The molecule has 3 aliphatic carbocycles. The summed E-state index contributed by atoms with van der Waals surface area (Å²) in [5.74, 6) is 0.589. The van der Waals surface area contributed by atoms with E-state index in [1.54, 1.807) is 17.4 Å². The molecule has 0 radical (unpaired) electrons. The third-order valence-electron chi connectivity index (χ3n) is 7.72. The lowest BCUT2D eigenvalue weighted by Crippen LogP contribution is -2.51. The molecule has 4 unspecified atom stereocenters. The van der Waals surface area contributed by atoms with E-state index in [2.05, 4.69) is 55.8 Å². The Hall–Kier alpha value is -2.94. The van der Waals surface area contributed by atoms with Crippen LogP contribution >= 0.6 is 11.3 Å². The van der Waals surface area contributed by atoms with Crippen LogP contribution in [0.15, 0.2) is 78.4 Å². The van der Waals surface area contributed by atoms with E-state index in [4.69, 9.17) is 9.72 Å².